The number of hydrogen-bond acceptors (Lipinski definition) is 7. The Hall–Kier alpha value is -3.19. The van der Waals surface area contributed by atoms with Crippen LogP contribution in [0.2, 0.25) is 0 Å². The van der Waals surface area contributed by atoms with Crippen LogP contribution in [0.25, 0.3) is 17.2 Å². The second kappa shape index (κ2) is 7.33. The molecule has 0 fully saturated rings. The van der Waals surface area contributed by atoms with Crippen molar-refractivity contribution in [3.05, 3.63) is 42.4 Å². The first-order valence-electron chi connectivity index (χ1n) is 7.75. The maximum absolute atomic E-state index is 13.2. The van der Waals surface area contributed by atoms with E-state index in [0.717, 1.165) is 23.0 Å². The van der Waals surface area contributed by atoms with Crippen molar-refractivity contribution in [3.63, 3.8) is 0 Å². The summed E-state index contributed by atoms with van der Waals surface area (Å²) in [5.74, 6) is -1.17. The first kappa shape index (κ1) is 20.5. The Morgan fingerprint density at radius 1 is 1.07 bits per heavy atom. The lowest BCUT2D eigenvalue weighted by Crippen LogP contribution is -2.09. The Morgan fingerprint density at radius 3 is 2.28 bits per heavy atom. The van der Waals surface area contributed by atoms with E-state index in [0.29, 0.717) is 5.75 Å². The van der Waals surface area contributed by atoms with Crippen LogP contribution in [-0.4, -0.2) is 46.9 Å². The number of ether oxygens (including phenoxy) is 2. The second-order valence-corrected chi connectivity index (χ2v) is 6.99. The Morgan fingerprint density at radius 2 is 1.76 bits per heavy atom. The average Bonchev–Trinajstić information content (AvgIpc) is 3.12. The van der Waals surface area contributed by atoms with Gasteiger partial charge < -0.3 is 9.47 Å². The number of halogens is 3. The molecule has 154 valence electrons. The number of benzene rings is 1. The zero-order chi connectivity index (χ0) is 21.4. The fraction of sp³-hybridized carbons (Fsp3) is 0.188. The number of methoxy groups -OCH3 is 2. The predicted octanol–water partition coefficient (Wildman–Crippen LogP) is 2.61. The van der Waals surface area contributed by atoms with Crippen LogP contribution in [0.15, 0.2) is 41.4 Å². The van der Waals surface area contributed by atoms with Crippen molar-refractivity contribution in [2.45, 2.75) is 11.1 Å². The van der Waals surface area contributed by atoms with Gasteiger partial charge in [0.15, 0.2) is 23.1 Å². The number of nitrogens with zero attached hydrogens (tertiary/aromatic N) is 4. The van der Waals surface area contributed by atoms with Crippen molar-refractivity contribution in [1.29, 1.82) is 0 Å². The van der Waals surface area contributed by atoms with Gasteiger partial charge in [-0.15, -0.1) is 5.10 Å². The van der Waals surface area contributed by atoms with Crippen LogP contribution >= 0.6 is 0 Å². The summed E-state index contributed by atoms with van der Waals surface area (Å²) in [6, 6.07) is 6.41. The molecule has 13 heteroatoms. The summed E-state index contributed by atoms with van der Waals surface area (Å²) in [6.45, 7) is 0. The van der Waals surface area contributed by atoms with Crippen molar-refractivity contribution in [3.8, 4) is 28.7 Å². The van der Waals surface area contributed by atoms with Crippen molar-refractivity contribution in [2.75, 3.05) is 14.2 Å². The fourth-order valence-corrected chi connectivity index (χ4v) is 2.83. The number of aromatic nitrogens is 4. The van der Waals surface area contributed by atoms with Gasteiger partial charge in [0.1, 0.15) is 4.90 Å². The minimum Gasteiger partial charge on any atom is -0.493 e. The molecule has 9 nitrogen and oxygen atoms in total. The molecular formula is C16H13F3N4O5S. The van der Waals surface area contributed by atoms with Gasteiger partial charge in [0.25, 0.3) is 15.9 Å². The van der Waals surface area contributed by atoms with Crippen molar-refractivity contribution >= 4 is 10.1 Å². The van der Waals surface area contributed by atoms with Gasteiger partial charge in [-0.1, -0.05) is 0 Å². The molecule has 29 heavy (non-hydrogen) atoms. The highest BCUT2D eigenvalue weighted by Crippen LogP contribution is 2.34. The molecule has 1 aromatic carbocycles. The molecule has 0 aliphatic heterocycles. The highest BCUT2D eigenvalue weighted by molar-refractivity contribution is 7.85. The van der Waals surface area contributed by atoms with Crippen molar-refractivity contribution in [2.24, 2.45) is 0 Å². The minimum atomic E-state index is -4.83. The topological polar surface area (TPSA) is 116 Å². The molecule has 0 amide bonds. The lowest BCUT2D eigenvalue weighted by Gasteiger charge is -2.10. The third-order valence-electron chi connectivity index (χ3n) is 3.74. The van der Waals surface area contributed by atoms with E-state index in [4.69, 9.17) is 14.0 Å². The van der Waals surface area contributed by atoms with Gasteiger partial charge in [0, 0.05) is 5.56 Å². The number of hydrogen-bond donors (Lipinski definition) is 1. The van der Waals surface area contributed by atoms with Gasteiger partial charge in [-0.3, -0.25) is 4.55 Å². The van der Waals surface area contributed by atoms with Crippen LogP contribution in [0.1, 0.15) is 5.82 Å². The number of rotatable bonds is 5. The minimum absolute atomic E-state index is 0.148. The third-order valence-corrected chi connectivity index (χ3v) is 4.58. The zero-order valence-corrected chi connectivity index (χ0v) is 15.7. The van der Waals surface area contributed by atoms with E-state index >= 15 is 0 Å². The summed E-state index contributed by atoms with van der Waals surface area (Å²) in [5.41, 5.74) is 0.214. The quantitative estimate of drug-likeness (QED) is 0.614. The molecule has 0 atom stereocenters. The standard InChI is InChI=1S/C16H13F3N4O5S/c1-27-11-5-3-9(7-12(11)28-2)14-21-15(16(17,18)19)22-23(14)13-6-4-10(8-20-13)29(24,25)26/h3-8H,1-2H3,(H,24,25,26). The molecule has 0 unspecified atom stereocenters. The summed E-state index contributed by atoms with van der Waals surface area (Å²) in [4.78, 5) is 6.80. The van der Waals surface area contributed by atoms with Gasteiger partial charge in [-0.2, -0.15) is 26.3 Å². The van der Waals surface area contributed by atoms with Crippen molar-refractivity contribution in [1.82, 2.24) is 19.7 Å². The molecule has 0 spiro atoms. The second-order valence-electron chi connectivity index (χ2n) is 5.57. The summed E-state index contributed by atoms with van der Waals surface area (Å²) in [6.07, 6.45) is -4.04. The Bertz CT molecular complexity index is 1140. The van der Waals surface area contributed by atoms with E-state index in [9.17, 15) is 21.6 Å². The lowest BCUT2D eigenvalue weighted by molar-refractivity contribution is -0.144. The molecule has 2 heterocycles. The maximum Gasteiger partial charge on any atom is 0.453 e. The Kier molecular flexibility index (Phi) is 5.19. The SMILES string of the molecule is COc1ccc(-c2nc(C(F)(F)F)nn2-c2ccc(S(=O)(=O)O)cn2)cc1OC. The highest BCUT2D eigenvalue weighted by atomic mass is 32.2. The zero-order valence-electron chi connectivity index (χ0n) is 14.9. The van der Waals surface area contributed by atoms with Crippen LogP contribution in [-0.2, 0) is 16.3 Å². The van der Waals surface area contributed by atoms with E-state index < -0.39 is 27.0 Å². The van der Waals surface area contributed by atoms with Gasteiger partial charge in [-0.25, -0.2) is 9.97 Å². The largest absolute Gasteiger partial charge is 0.493 e. The Balaban J connectivity index is 2.19. The van der Waals surface area contributed by atoms with E-state index in [1.807, 2.05) is 0 Å². The molecule has 0 saturated heterocycles. The molecule has 3 rings (SSSR count). The summed E-state index contributed by atoms with van der Waals surface area (Å²) in [7, 11) is -1.75. The Labute approximate surface area is 162 Å². The third kappa shape index (κ3) is 4.14. The van der Waals surface area contributed by atoms with E-state index in [-0.39, 0.29) is 23.0 Å². The molecule has 1 N–H and O–H groups in total. The van der Waals surface area contributed by atoms with Gasteiger partial charge in [0.05, 0.1) is 20.4 Å². The van der Waals surface area contributed by atoms with E-state index in [1.165, 1.54) is 32.4 Å². The molecule has 0 saturated carbocycles. The molecule has 0 bridgehead atoms. The van der Waals surface area contributed by atoms with Crippen LogP contribution in [0, 0.1) is 0 Å². The fourth-order valence-electron chi connectivity index (χ4n) is 2.40. The van der Waals surface area contributed by atoms with Gasteiger partial charge in [-0.05, 0) is 30.3 Å². The predicted molar refractivity (Wildman–Crippen MR) is 92.5 cm³/mol. The first-order valence-corrected chi connectivity index (χ1v) is 9.19. The molecule has 0 radical (unpaired) electrons. The first-order chi connectivity index (χ1) is 13.5. The number of alkyl halides is 3. The number of pyridine rings is 1. The van der Waals surface area contributed by atoms with Crippen LogP contribution < -0.4 is 9.47 Å². The average molecular weight is 430 g/mol. The summed E-state index contributed by atoms with van der Waals surface area (Å²) >= 11 is 0. The monoisotopic (exact) mass is 430 g/mol. The van der Waals surface area contributed by atoms with Gasteiger partial charge in [0.2, 0.25) is 0 Å². The summed E-state index contributed by atoms with van der Waals surface area (Å²) in [5, 5.41) is 3.45. The highest BCUT2D eigenvalue weighted by Gasteiger charge is 2.37. The lowest BCUT2D eigenvalue weighted by atomic mass is 10.2. The van der Waals surface area contributed by atoms with Crippen LogP contribution in [0.5, 0.6) is 11.5 Å². The van der Waals surface area contributed by atoms with Crippen LogP contribution in [0.4, 0.5) is 13.2 Å². The molecular weight excluding hydrogens is 417 g/mol. The molecule has 3 aromatic rings. The normalized spacial score (nSPS) is 12.1. The van der Waals surface area contributed by atoms with E-state index in [2.05, 4.69) is 15.1 Å². The summed E-state index contributed by atoms with van der Waals surface area (Å²) < 4.78 is 81.9. The van der Waals surface area contributed by atoms with Gasteiger partial charge >= 0.3 is 6.18 Å². The molecule has 0 aliphatic rings. The molecule has 0 aliphatic carbocycles. The molecule has 2 aromatic heterocycles. The maximum atomic E-state index is 13.2. The smallest absolute Gasteiger partial charge is 0.453 e. The van der Waals surface area contributed by atoms with Crippen molar-refractivity contribution < 1.29 is 35.6 Å². The van der Waals surface area contributed by atoms with Crippen LogP contribution in [0.3, 0.4) is 0 Å². The van der Waals surface area contributed by atoms with E-state index in [1.54, 1.807) is 0 Å².